The maximum atomic E-state index is 13.4. The largest absolute Gasteiger partial charge is 0.207 e. The summed E-state index contributed by atoms with van der Waals surface area (Å²) in [5, 5.41) is 2.70. The van der Waals surface area contributed by atoms with Gasteiger partial charge >= 0.3 is 0 Å². The third-order valence-corrected chi connectivity index (χ3v) is 8.55. The van der Waals surface area contributed by atoms with E-state index in [0.29, 0.717) is 0 Å². The number of halogens is 3. The van der Waals surface area contributed by atoms with Gasteiger partial charge in [-0.05, 0) is 52.0 Å². The predicted octanol–water partition coefficient (Wildman–Crippen LogP) is 3.30. The van der Waals surface area contributed by atoms with Gasteiger partial charge in [0.05, 0.1) is 0 Å². The lowest BCUT2D eigenvalue weighted by Gasteiger charge is -2.30. The molecule has 0 fully saturated rings. The first-order valence-electron chi connectivity index (χ1n) is 7.48. The highest BCUT2D eigenvalue weighted by atomic mass is 28.3. The average molecular weight is 340 g/mol. The lowest BCUT2D eigenvalue weighted by atomic mass is 10.3. The molecular formula is C20H15F3Si. The number of hydrogen-bond acceptors (Lipinski definition) is 0. The zero-order valence-electron chi connectivity index (χ0n) is 12.8. The molecule has 3 aromatic rings. The van der Waals surface area contributed by atoms with Crippen LogP contribution in [0, 0.1) is 17.5 Å². The second kappa shape index (κ2) is 6.49. The van der Waals surface area contributed by atoms with Crippen LogP contribution in [0.25, 0.3) is 0 Å². The van der Waals surface area contributed by atoms with Crippen molar-refractivity contribution in [3.05, 3.63) is 103 Å². The maximum absolute atomic E-state index is 13.4. The first-order valence-corrected chi connectivity index (χ1v) is 9.56. The summed E-state index contributed by atoms with van der Waals surface area (Å²) < 4.78 is 40.1. The molecule has 0 N–H and O–H groups in total. The Balaban J connectivity index is 2.29. The molecular weight excluding hydrogens is 325 g/mol. The standard InChI is InChI=1S/C20H15F3Si/c1-2-24(18-9-3-15(21)4-10-18,19-11-5-16(22)6-12-19)20-13-7-17(23)8-14-20/h2-14H,1H2. The predicted molar refractivity (Wildman–Crippen MR) is 94.1 cm³/mol. The second-order valence-corrected chi connectivity index (χ2v) is 9.29. The average Bonchev–Trinajstić information content (AvgIpc) is 2.60. The van der Waals surface area contributed by atoms with E-state index in [1.807, 2.05) is 5.70 Å². The Bertz CT molecular complexity index is 727. The van der Waals surface area contributed by atoms with E-state index < -0.39 is 8.07 Å². The molecule has 0 saturated heterocycles. The van der Waals surface area contributed by atoms with Gasteiger partial charge in [0.2, 0.25) is 0 Å². The van der Waals surface area contributed by atoms with Crippen molar-refractivity contribution in [3.63, 3.8) is 0 Å². The van der Waals surface area contributed by atoms with Crippen molar-refractivity contribution in [2.75, 3.05) is 0 Å². The van der Waals surface area contributed by atoms with E-state index in [2.05, 4.69) is 6.58 Å². The van der Waals surface area contributed by atoms with Crippen LogP contribution < -0.4 is 15.6 Å². The highest BCUT2D eigenvalue weighted by Crippen LogP contribution is 2.11. The summed E-state index contributed by atoms with van der Waals surface area (Å²) in [4.78, 5) is 0. The number of rotatable bonds is 4. The van der Waals surface area contributed by atoms with Gasteiger partial charge in [-0.1, -0.05) is 42.1 Å². The molecule has 0 aliphatic rings. The Morgan fingerprint density at radius 1 is 0.542 bits per heavy atom. The summed E-state index contributed by atoms with van der Waals surface area (Å²) in [6.07, 6.45) is 0. The molecule has 120 valence electrons. The lowest BCUT2D eigenvalue weighted by Crippen LogP contribution is -2.65. The summed E-state index contributed by atoms with van der Waals surface area (Å²) in [5.41, 5.74) is 1.85. The summed E-state index contributed by atoms with van der Waals surface area (Å²) in [5.74, 6) is -0.989. The van der Waals surface area contributed by atoms with E-state index in [1.165, 1.54) is 36.4 Å². The summed E-state index contributed by atoms with van der Waals surface area (Å²) in [6.45, 7) is 4.01. The summed E-state index contributed by atoms with van der Waals surface area (Å²) in [7, 11) is -2.70. The third kappa shape index (κ3) is 2.81. The Labute approximate surface area is 139 Å². The van der Waals surface area contributed by atoms with Gasteiger partial charge < -0.3 is 0 Å². The van der Waals surface area contributed by atoms with Gasteiger partial charge in [-0.2, -0.15) is 0 Å². The van der Waals surface area contributed by atoms with Crippen LogP contribution in [0.2, 0.25) is 0 Å². The minimum absolute atomic E-state index is 0.330. The molecule has 24 heavy (non-hydrogen) atoms. The fourth-order valence-electron chi connectivity index (χ4n) is 2.99. The van der Waals surface area contributed by atoms with E-state index in [9.17, 15) is 13.2 Å². The van der Waals surface area contributed by atoms with Gasteiger partial charge in [0, 0.05) is 0 Å². The van der Waals surface area contributed by atoms with Crippen LogP contribution in [0.3, 0.4) is 0 Å². The highest BCUT2D eigenvalue weighted by Gasteiger charge is 2.36. The van der Waals surface area contributed by atoms with Crippen molar-refractivity contribution in [1.82, 2.24) is 0 Å². The van der Waals surface area contributed by atoms with Crippen molar-refractivity contribution in [2.24, 2.45) is 0 Å². The quantitative estimate of drug-likeness (QED) is 0.505. The van der Waals surface area contributed by atoms with Gasteiger partial charge in [0.15, 0.2) is 8.07 Å². The molecule has 0 saturated carbocycles. The van der Waals surface area contributed by atoms with E-state index >= 15 is 0 Å². The van der Waals surface area contributed by atoms with Crippen LogP contribution >= 0.6 is 0 Å². The molecule has 3 rings (SSSR count). The molecule has 0 spiro atoms. The molecule has 0 aromatic heterocycles. The molecule has 0 unspecified atom stereocenters. The first kappa shape index (κ1) is 16.3. The van der Waals surface area contributed by atoms with E-state index in [1.54, 1.807) is 36.4 Å². The number of benzene rings is 3. The molecule has 0 radical (unpaired) electrons. The molecule has 0 aliphatic carbocycles. The zero-order valence-corrected chi connectivity index (χ0v) is 13.8. The van der Waals surface area contributed by atoms with Gasteiger partial charge in [0.1, 0.15) is 17.5 Å². The molecule has 0 nitrogen and oxygen atoms in total. The van der Waals surface area contributed by atoms with Gasteiger partial charge in [-0.15, -0.1) is 6.58 Å². The highest BCUT2D eigenvalue weighted by molar-refractivity contribution is 7.14. The van der Waals surface area contributed by atoms with E-state index in [0.717, 1.165) is 15.6 Å². The Kier molecular flexibility index (Phi) is 4.40. The van der Waals surface area contributed by atoms with Crippen LogP contribution in [0.15, 0.2) is 85.1 Å². The summed E-state index contributed by atoms with van der Waals surface area (Å²) >= 11 is 0. The van der Waals surface area contributed by atoms with Crippen LogP contribution in [-0.4, -0.2) is 8.07 Å². The molecule has 3 aromatic carbocycles. The van der Waals surface area contributed by atoms with E-state index in [4.69, 9.17) is 0 Å². The van der Waals surface area contributed by atoms with Crippen LogP contribution in [-0.2, 0) is 0 Å². The normalized spacial score (nSPS) is 11.3. The first-order chi connectivity index (χ1) is 11.6. The smallest absolute Gasteiger partial charge is 0.171 e. The molecule has 0 aliphatic heterocycles. The van der Waals surface area contributed by atoms with Gasteiger partial charge in [0.25, 0.3) is 0 Å². The fourth-order valence-corrected chi connectivity index (χ4v) is 6.78. The van der Waals surface area contributed by atoms with Crippen LogP contribution in [0.4, 0.5) is 13.2 Å². The molecule has 0 amide bonds. The molecule has 0 bridgehead atoms. The van der Waals surface area contributed by atoms with Crippen molar-refractivity contribution < 1.29 is 13.2 Å². The molecule has 0 atom stereocenters. The maximum Gasteiger partial charge on any atom is 0.171 e. The Morgan fingerprint density at radius 3 is 1.00 bits per heavy atom. The molecule has 0 heterocycles. The van der Waals surface area contributed by atoms with E-state index in [-0.39, 0.29) is 17.5 Å². The topological polar surface area (TPSA) is 0 Å². The SMILES string of the molecule is C=C[Si](c1ccc(F)cc1)(c1ccc(F)cc1)c1ccc(F)cc1. The minimum atomic E-state index is -2.70. The Hall–Kier alpha value is -2.59. The zero-order chi connectivity index (χ0) is 17.2. The summed E-state index contributed by atoms with van der Waals surface area (Å²) in [6, 6.07) is 18.7. The van der Waals surface area contributed by atoms with Crippen LogP contribution in [0.1, 0.15) is 0 Å². The van der Waals surface area contributed by atoms with Crippen LogP contribution in [0.5, 0.6) is 0 Å². The van der Waals surface area contributed by atoms with Crippen molar-refractivity contribution in [3.8, 4) is 0 Å². The third-order valence-electron chi connectivity index (χ3n) is 4.20. The van der Waals surface area contributed by atoms with Crippen molar-refractivity contribution >= 4 is 23.6 Å². The van der Waals surface area contributed by atoms with Crippen molar-refractivity contribution in [2.45, 2.75) is 0 Å². The second-order valence-electron chi connectivity index (χ2n) is 5.53. The van der Waals surface area contributed by atoms with Gasteiger partial charge in [-0.3, -0.25) is 0 Å². The molecule has 4 heteroatoms. The van der Waals surface area contributed by atoms with Gasteiger partial charge in [-0.25, -0.2) is 13.2 Å². The monoisotopic (exact) mass is 340 g/mol. The number of hydrogen-bond donors (Lipinski definition) is 0. The minimum Gasteiger partial charge on any atom is -0.207 e. The van der Waals surface area contributed by atoms with Crippen molar-refractivity contribution in [1.29, 1.82) is 0 Å². The Morgan fingerprint density at radius 2 is 0.792 bits per heavy atom. The lowest BCUT2D eigenvalue weighted by molar-refractivity contribution is 0.628. The fraction of sp³-hybridized carbons (Fsp3) is 0.